The maximum Gasteiger partial charge on any atom is 0.273 e. The summed E-state index contributed by atoms with van der Waals surface area (Å²) in [6, 6.07) is 12.3. The topological polar surface area (TPSA) is 60.9 Å². The smallest absolute Gasteiger partial charge is 0.202 e. The van der Waals surface area contributed by atoms with E-state index in [1.807, 2.05) is 44.3 Å². The SMILES string of the molecule is CCCCCC(/C=N\n1cnnc1-n1nc(C)cc1C)=C\c1ccccc1. The summed E-state index contributed by atoms with van der Waals surface area (Å²) in [7, 11) is 0. The van der Waals surface area contributed by atoms with Crippen LogP contribution in [0.1, 0.15) is 49.6 Å². The van der Waals surface area contributed by atoms with Crippen LogP contribution in [0.3, 0.4) is 0 Å². The van der Waals surface area contributed by atoms with E-state index in [1.165, 1.54) is 24.0 Å². The predicted molar refractivity (Wildman–Crippen MR) is 109 cm³/mol. The van der Waals surface area contributed by atoms with E-state index < -0.39 is 0 Å². The Morgan fingerprint density at radius 3 is 2.67 bits per heavy atom. The third-order valence-electron chi connectivity index (χ3n) is 4.28. The molecule has 0 unspecified atom stereocenters. The average molecular weight is 362 g/mol. The second-order valence-electron chi connectivity index (χ2n) is 6.65. The highest BCUT2D eigenvalue weighted by atomic mass is 15.5. The molecule has 0 atom stereocenters. The zero-order valence-corrected chi connectivity index (χ0v) is 16.2. The van der Waals surface area contributed by atoms with Crippen LogP contribution in [0.2, 0.25) is 0 Å². The molecule has 6 nitrogen and oxygen atoms in total. The normalized spacial score (nSPS) is 12.2. The van der Waals surface area contributed by atoms with Crippen LogP contribution < -0.4 is 0 Å². The number of aromatic nitrogens is 5. The maximum atomic E-state index is 4.61. The van der Waals surface area contributed by atoms with Crippen molar-refractivity contribution in [2.24, 2.45) is 5.10 Å². The highest BCUT2D eigenvalue weighted by Crippen LogP contribution is 2.14. The van der Waals surface area contributed by atoms with Crippen LogP contribution in [0.5, 0.6) is 0 Å². The van der Waals surface area contributed by atoms with Gasteiger partial charge in [-0.2, -0.15) is 14.9 Å². The minimum absolute atomic E-state index is 0.587. The zero-order chi connectivity index (χ0) is 19.1. The zero-order valence-electron chi connectivity index (χ0n) is 16.2. The van der Waals surface area contributed by atoms with E-state index in [0.29, 0.717) is 5.95 Å². The summed E-state index contributed by atoms with van der Waals surface area (Å²) in [5, 5.41) is 17.3. The van der Waals surface area contributed by atoms with Gasteiger partial charge in [0, 0.05) is 5.69 Å². The molecule has 0 aliphatic heterocycles. The van der Waals surface area contributed by atoms with Crippen LogP contribution in [0.25, 0.3) is 12.0 Å². The molecule has 0 radical (unpaired) electrons. The van der Waals surface area contributed by atoms with Gasteiger partial charge in [-0.15, -0.1) is 10.2 Å². The van der Waals surface area contributed by atoms with Gasteiger partial charge in [-0.05, 0) is 43.9 Å². The lowest BCUT2D eigenvalue weighted by atomic mass is 10.1. The van der Waals surface area contributed by atoms with Crippen LogP contribution in [0, 0.1) is 13.8 Å². The standard InChI is InChI=1S/C21H26N6/c1-4-5-7-12-20(14-19-10-8-6-9-11-19)15-23-26-16-22-24-21(26)27-18(3)13-17(2)25-27/h6,8-11,13-16H,4-5,7,12H2,1-3H3/b20-14+,23-15-. The Labute approximate surface area is 160 Å². The average Bonchev–Trinajstić information content (AvgIpc) is 3.26. The number of benzene rings is 1. The van der Waals surface area contributed by atoms with E-state index in [9.17, 15) is 0 Å². The second-order valence-corrected chi connectivity index (χ2v) is 6.65. The molecule has 3 aromatic rings. The number of unbranched alkanes of at least 4 members (excludes halogenated alkanes) is 2. The molecule has 0 fully saturated rings. The van der Waals surface area contributed by atoms with Crippen LogP contribution in [-0.2, 0) is 0 Å². The lowest BCUT2D eigenvalue weighted by molar-refractivity contribution is 0.712. The van der Waals surface area contributed by atoms with Crippen LogP contribution in [-0.4, -0.2) is 30.9 Å². The summed E-state index contributed by atoms with van der Waals surface area (Å²) in [5.74, 6) is 0.587. The van der Waals surface area contributed by atoms with Crippen LogP contribution in [0.15, 0.2) is 53.4 Å². The molecule has 27 heavy (non-hydrogen) atoms. The molecule has 1 aromatic carbocycles. The quantitative estimate of drug-likeness (QED) is 0.435. The minimum atomic E-state index is 0.587. The molecule has 0 spiro atoms. The lowest BCUT2D eigenvalue weighted by Crippen LogP contribution is -2.06. The predicted octanol–water partition coefficient (Wildman–Crippen LogP) is 4.58. The third-order valence-corrected chi connectivity index (χ3v) is 4.28. The van der Waals surface area contributed by atoms with E-state index in [1.54, 1.807) is 15.7 Å². The summed E-state index contributed by atoms with van der Waals surface area (Å²) < 4.78 is 3.43. The molecule has 2 heterocycles. The number of nitrogens with zero attached hydrogens (tertiary/aromatic N) is 6. The van der Waals surface area contributed by atoms with E-state index in [4.69, 9.17) is 0 Å². The molecule has 3 rings (SSSR count). The first-order valence-electron chi connectivity index (χ1n) is 9.41. The van der Waals surface area contributed by atoms with Gasteiger partial charge in [0.15, 0.2) is 0 Å². The van der Waals surface area contributed by atoms with Crippen molar-refractivity contribution in [3.8, 4) is 5.95 Å². The summed E-state index contributed by atoms with van der Waals surface area (Å²) in [5.41, 5.74) is 4.30. The van der Waals surface area contributed by atoms with Crippen molar-refractivity contribution < 1.29 is 0 Å². The molecule has 0 aliphatic carbocycles. The van der Waals surface area contributed by atoms with Crippen LogP contribution >= 0.6 is 0 Å². The van der Waals surface area contributed by atoms with Crippen molar-refractivity contribution in [3.05, 3.63) is 65.2 Å². The first-order valence-corrected chi connectivity index (χ1v) is 9.41. The van der Waals surface area contributed by atoms with Gasteiger partial charge in [0.2, 0.25) is 0 Å². The van der Waals surface area contributed by atoms with Crippen molar-refractivity contribution in [1.82, 2.24) is 24.7 Å². The molecule has 0 bridgehead atoms. The van der Waals surface area contributed by atoms with Crippen molar-refractivity contribution in [2.45, 2.75) is 46.5 Å². The van der Waals surface area contributed by atoms with E-state index in [0.717, 1.165) is 24.2 Å². The van der Waals surface area contributed by atoms with Crippen LogP contribution in [0.4, 0.5) is 0 Å². The fourth-order valence-corrected chi connectivity index (χ4v) is 2.93. The van der Waals surface area contributed by atoms with E-state index in [2.05, 4.69) is 45.5 Å². The molecule has 0 amide bonds. The first kappa shape index (κ1) is 18.8. The highest BCUT2D eigenvalue weighted by molar-refractivity contribution is 5.85. The number of aryl methyl sites for hydroxylation is 2. The Bertz CT molecular complexity index is 917. The molecule has 0 N–H and O–H groups in total. The lowest BCUT2D eigenvalue weighted by Gasteiger charge is -2.05. The van der Waals surface area contributed by atoms with Crippen molar-refractivity contribution in [2.75, 3.05) is 0 Å². The van der Waals surface area contributed by atoms with Crippen molar-refractivity contribution in [3.63, 3.8) is 0 Å². The largest absolute Gasteiger partial charge is 0.273 e. The summed E-state index contributed by atoms with van der Waals surface area (Å²) in [6.45, 7) is 6.17. The molecule has 0 saturated heterocycles. The Balaban J connectivity index is 1.86. The Morgan fingerprint density at radius 2 is 1.96 bits per heavy atom. The molecular weight excluding hydrogens is 336 g/mol. The van der Waals surface area contributed by atoms with Gasteiger partial charge in [-0.25, -0.2) is 4.68 Å². The Morgan fingerprint density at radius 1 is 1.15 bits per heavy atom. The van der Waals surface area contributed by atoms with Gasteiger partial charge in [0.1, 0.15) is 6.33 Å². The molecule has 0 aliphatic rings. The van der Waals surface area contributed by atoms with E-state index in [-0.39, 0.29) is 0 Å². The van der Waals surface area contributed by atoms with Gasteiger partial charge in [-0.3, -0.25) is 0 Å². The van der Waals surface area contributed by atoms with E-state index >= 15 is 0 Å². The van der Waals surface area contributed by atoms with Gasteiger partial charge in [0.25, 0.3) is 5.95 Å². The highest BCUT2D eigenvalue weighted by Gasteiger charge is 2.10. The summed E-state index contributed by atoms with van der Waals surface area (Å²) in [4.78, 5) is 0. The summed E-state index contributed by atoms with van der Waals surface area (Å²) in [6.07, 6.45) is 10.2. The monoisotopic (exact) mass is 362 g/mol. The van der Waals surface area contributed by atoms with Gasteiger partial charge >= 0.3 is 0 Å². The fourth-order valence-electron chi connectivity index (χ4n) is 2.93. The first-order chi connectivity index (χ1) is 13.2. The summed E-state index contributed by atoms with van der Waals surface area (Å²) >= 11 is 0. The van der Waals surface area contributed by atoms with Gasteiger partial charge < -0.3 is 0 Å². The molecule has 0 saturated carbocycles. The molecule has 140 valence electrons. The number of rotatable bonds is 8. The molecule has 6 heteroatoms. The Kier molecular flexibility index (Phi) is 6.30. The fraction of sp³-hybridized carbons (Fsp3) is 0.333. The molecule has 2 aromatic heterocycles. The third kappa shape index (κ3) is 5.00. The number of hydrogen-bond donors (Lipinski definition) is 0. The van der Waals surface area contributed by atoms with Crippen molar-refractivity contribution in [1.29, 1.82) is 0 Å². The number of hydrogen-bond acceptors (Lipinski definition) is 4. The second kappa shape index (κ2) is 9.07. The maximum absolute atomic E-state index is 4.61. The van der Waals surface area contributed by atoms with Crippen molar-refractivity contribution >= 4 is 12.3 Å². The van der Waals surface area contributed by atoms with Gasteiger partial charge in [-0.1, -0.05) is 56.2 Å². The van der Waals surface area contributed by atoms with Gasteiger partial charge in [0.05, 0.1) is 11.9 Å². The number of allylic oxidation sites excluding steroid dienone is 1. The Hall–Kier alpha value is -3.02. The minimum Gasteiger partial charge on any atom is -0.202 e. The molecular formula is C21H26N6.